The van der Waals surface area contributed by atoms with E-state index in [-0.39, 0.29) is 17.2 Å². The van der Waals surface area contributed by atoms with E-state index in [0.717, 1.165) is 5.56 Å². The summed E-state index contributed by atoms with van der Waals surface area (Å²) in [6, 6.07) is 6.32. The van der Waals surface area contributed by atoms with Crippen molar-refractivity contribution in [1.82, 2.24) is 20.9 Å². The number of nitro benzene ring substituents is 1. The summed E-state index contributed by atoms with van der Waals surface area (Å²) >= 11 is 0. The number of carbonyl (C=O) groups is 1. The number of hydrogen-bond donors (Lipinski definition) is 3. The highest BCUT2D eigenvalue weighted by atomic mass is 16.6. The Morgan fingerprint density at radius 3 is 2.86 bits per heavy atom. The minimum absolute atomic E-state index is 0.0432. The molecule has 116 valence electrons. The third kappa shape index (κ3) is 3.99. The van der Waals surface area contributed by atoms with Gasteiger partial charge in [0, 0.05) is 31.8 Å². The Morgan fingerprint density at radius 2 is 2.18 bits per heavy atom. The maximum absolute atomic E-state index is 11.6. The molecule has 2 aromatic rings. The number of anilines is 1. The van der Waals surface area contributed by atoms with Crippen molar-refractivity contribution >= 4 is 17.4 Å². The van der Waals surface area contributed by atoms with Gasteiger partial charge in [0.2, 0.25) is 11.5 Å². The zero-order chi connectivity index (χ0) is 15.9. The first-order chi connectivity index (χ1) is 10.6. The van der Waals surface area contributed by atoms with E-state index >= 15 is 0 Å². The Labute approximate surface area is 124 Å². The van der Waals surface area contributed by atoms with Crippen LogP contribution in [-0.2, 0) is 6.54 Å². The van der Waals surface area contributed by atoms with Gasteiger partial charge >= 0.3 is 0 Å². The molecule has 1 aromatic heterocycles. The monoisotopic (exact) mass is 306 g/mol. The van der Waals surface area contributed by atoms with Crippen LogP contribution in [0.25, 0.3) is 0 Å². The second-order valence-corrected chi connectivity index (χ2v) is 4.36. The predicted molar refractivity (Wildman–Crippen MR) is 75.8 cm³/mol. The van der Waals surface area contributed by atoms with Crippen molar-refractivity contribution in [2.75, 3.05) is 18.8 Å². The van der Waals surface area contributed by atoms with Gasteiger partial charge in [-0.2, -0.15) is 0 Å². The summed E-state index contributed by atoms with van der Waals surface area (Å²) in [6.45, 7) is 1.25. The van der Waals surface area contributed by atoms with Crippen molar-refractivity contribution in [2.45, 2.75) is 6.54 Å². The summed E-state index contributed by atoms with van der Waals surface area (Å²) in [5.41, 5.74) is 6.16. The molecule has 0 aliphatic rings. The molecule has 0 spiro atoms. The van der Waals surface area contributed by atoms with E-state index in [4.69, 9.17) is 5.73 Å². The van der Waals surface area contributed by atoms with Gasteiger partial charge in [-0.15, -0.1) is 0 Å². The Balaban J connectivity index is 1.71. The van der Waals surface area contributed by atoms with Crippen molar-refractivity contribution < 1.29 is 14.3 Å². The lowest BCUT2D eigenvalue weighted by Crippen LogP contribution is -2.32. The number of amides is 1. The summed E-state index contributed by atoms with van der Waals surface area (Å²) in [4.78, 5) is 21.8. The molecule has 2 rings (SSSR count). The van der Waals surface area contributed by atoms with Crippen LogP contribution >= 0.6 is 0 Å². The molecule has 10 nitrogen and oxygen atoms in total. The SMILES string of the molecule is Nc1nonc1C(=O)NCCNCc1cccc([N+](=O)[O-])c1. The maximum Gasteiger partial charge on any atom is 0.277 e. The second kappa shape index (κ2) is 7.13. The van der Waals surface area contributed by atoms with Gasteiger partial charge in [-0.05, 0) is 15.9 Å². The van der Waals surface area contributed by atoms with Crippen molar-refractivity contribution in [3.8, 4) is 0 Å². The number of nitrogens with zero attached hydrogens (tertiary/aromatic N) is 3. The highest BCUT2D eigenvalue weighted by Crippen LogP contribution is 2.12. The van der Waals surface area contributed by atoms with Gasteiger partial charge < -0.3 is 16.4 Å². The van der Waals surface area contributed by atoms with Gasteiger partial charge in [0.25, 0.3) is 11.6 Å². The molecule has 0 saturated carbocycles. The molecule has 0 radical (unpaired) electrons. The molecule has 0 fully saturated rings. The Hall–Kier alpha value is -3.01. The second-order valence-electron chi connectivity index (χ2n) is 4.36. The summed E-state index contributed by atoms with van der Waals surface area (Å²) in [5, 5.41) is 23.0. The van der Waals surface area contributed by atoms with Crippen molar-refractivity contribution in [1.29, 1.82) is 0 Å². The first kappa shape index (κ1) is 15.4. The Morgan fingerprint density at radius 1 is 1.36 bits per heavy atom. The minimum Gasteiger partial charge on any atom is -0.379 e. The van der Waals surface area contributed by atoms with Gasteiger partial charge in [-0.1, -0.05) is 12.1 Å². The standard InChI is InChI=1S/C12H14N6O4/c13-11-10(16-22-17-11)12(19)15-5-4-14-7-8-2-1-3-9(6-8)18(20)21/h1-3,6,14H,4-5,7H2,(H2,13,17)(H,15,19). The molecule has 0 bridgehead atoms. The molecule has 0 aliphatic carbocycles. The van der Waals surface area contributed by atoms with E-state index in [0.29, 0.717) is 19.6 Å². The van der Waals surface area contributed by atoms with Crippen LogP contribution in [0.5, 0.6) is 0 Å². The fraction of sp³-hybridized carbons (Fsp3) is 0.250. The smallest absolute Gasteiger partial charge is 0.277 e. The Bertz CT molecular complexity index is 671. The maximum atomic E-state index is 11.6. The number of nitrogen functional groups attached to an aromatic ring is 1. The normalized spacial score (nSPS) is 10.4. The minimum atomic E-state index is -0.476. The van der Waals surface area contributed by atoms with Gasteiger partial charge in [-0.25, -0.2) is 4.63 Å². The molecule has 0 atom stereocenters. The molecule has 0 aliphatic heterocycles. The summed E-state index contributed by atoms with van der Waals surface area (Å²) in [6.07, 6.45) is 0. The highest BCUT2D eigenvalue weighted by molar-refractivity contribution is 5.95. The number of rotatable bonds is 7. The third-order valence-corrected chi connectivity index (χ3v) is 2.77. The van der Waals surface area contributed by atoms with E-state index < -0.39 is 10.8 Å². The molecule has 1 aromatic carbocycles. The molecule has 0 unspecified atom stereocenters. The third-order valence-electron chi connectivity index (χ3n) is 2.77. The van der Waals surface area contributed by atoms with Crippen molar-refractivity contribution in [3.05, 3.63) is 45.6 Å². The van der Waals surface area contributed by atoms with E-state index in [1.54, 1.807) is 12.1 Å². The van der Waals surface area contributed by atoms with Crippen LogP contribution in [0.15, 0.2) is 28.9 Å². The van der Waals surface area contributed by atoms with E-state index in [2.05, 4.69) is 25.6 Å². The Kier molecular flexibility index (Phi) is 4.98. The van der Waals surface area contributed by atoms with Crippen LogP contribution in [0.2, 0.25) is 0 Å². The van der Waals surface area contributed by atoms with Gasteiger partial charge in [0.1, 0.15) is 0 Å². The lowest BCUT2D eigenvalue weighted by Gasteiger charge is -2.06. The molecule has 1 amide bonds. The average molecular weight is 306 g/mol. The molecular formula is C12H14N6O4. The first-order valence-electron chi connectivity index (χ1n) is 6.38. The van der Waals surface area contributed by atoms with Gasteiger partial charge in [0.15, 0.2) is 0 Å². The van der Waals surface area contributed by atoms with E-state index in [9.17, 15) is 14.9 Å². The predicted octanol–water partition coefficient (Wildman–Crippen LogP) is 0.0796. The quantitative estimate of drug-likeness (QED) is 0.370. The lowest BCUT2D eigenvalue weighted by atomic mass is 10.2. The number of hydrogen-bond acceptors (Lipinski definition) is 8. The van der Waals surface area contributed by atoms with Crippen molar-refractivity contribution in [3.63, 3.8) is 0 Å². The summed E-state index contributed by atoms with van der Waals surface area (Å²) < 4.78 is 4.33. The van der Waals surface area contributed by atoms with Crippen LogP contribution in [0.1, 0.15) is 16.1 Å². The summed E-state index contributed by atoms with van der Waals surface area (Å²) in [7, 11) is 0. The van der Waals surface area contributed by atoms with Crippen LogP contribution < -0.4 is 16.4 Å². The number of aromatic nitrogens is 2. The van der Waals surface area contributed by atoms with Crippen LogP contribution in [0, 0.1) is 10.1 Å². The van der Waals surface area contributed by atoms with Crippen molar-refractivity contribution in [2.24, 2.45) is 0 Å². The molecule has 10 heteroatoms. The number of nitro groups is 1. The highest BCUT2D eigenvalue weighted by Gasteiger charge is 2.14. The van der Waals surface area contributed by atoms with Gasteiger partial charge in [-0.3, -0.25) is 14.9 Å². The summed E-state index contributed by atoms with van der Waals surface area (Å²) in [5.74, 6) is -0.544. The molecule has 1 heterocycles. The molecular weight excluding hydrogens is 292 g/mol. The topological polar surface area (TPSA) is 149 Å². The van der Waals surface area contributed by atoms with E-state index in [1.165, 1.54) is 12.1 Å². The van der Waals surface area contributed by atoms with Gasteiger partial charge in [0.05, 0.1) is 4.92 Å². The molecule has 0 saturated heterocycles. The lowest BCUT2D eigenvalue weighted by molar-refractivity contribution is -0.384. The fourth-order valence-electron chi connectivity index (χ4n) is 1.71. The largest absolute Gasteiger partial charge is 0.379 e. The number of non-ortho nitro benzene ring substituents is 1. The zero-order valence-corrected chi connectivity index (χ0v) is 11.5. The number of nitrogens with one attached hydrogen (secondary N) is 2. The number of nitrogens with two attached hydrogens (primary N) is 1. The average Bonchev–Trinajstić information content (AvgIpc) is 2.93. The first-order valence-corrected chi connectivity index (χ1v) is 6.38. The molecule has 22 heavy (non-hydrogen) atoms. The number of carbonyl (C=O) groups excluding carboxylic acids is 1. The zero-order valence-electron chi connectivity index (χ0n) is 11.5. The van der Waals surface area contributed by atoms with Crippen LogP contribution in [-0.4, -0.2) is 34.2 Å². The fourth-order valence-corrected chi connectivity index (χ4v) is 1.71. The van der Waals surface area contributed by atoms with E-state index in [1.807, 2.05) is 0 Å². The number of benzene rings is 1. The molecule has 4 N–H and O–H groups in total. The van der Waals surface area contributed by atoms with Crippen LogP contribution in [0.4, 0.5) is 11.5 Å². The van der Waals surface area contributed by atoms with Crippen LogP contribution in [0.3, 0.4) is 0 Å².